The summed E-state index contributed by atoms with van der Waals surface area (Å²) in [6.07, 6.45) is 0. The minimum atomic E-state index is -1.23. The zero-order chi connectivity index (χ0) is 14.6. The Balaban J connectivity index is 0. The van der Waals surface area contributed by atoms with E-state index in [1.54, 1.807) is 0 Å². The van der Waals surface area contributed by atoms with Gasteiger partial charge < -0.3 is 10.2 Å². The highest BCUT2D eigenvalue weighted by Gasteiger charge is 2.13. The molecule has 0 fully saturated rings. The van der Waals surface area contributed by atoms with E-state index in [1.807, 2.05) is 0 Å². The van der Waals surface area contributed by atoms with Gasteiger partial charge in [0.15, 0.2) is 0 Å². The Labute approximate surface area is 102 Å². The van der Waals surface area contributed by atoms with Crippen LogP contribution in [0.15, 0.2) is 37.4 Å². The molecule has 94 valence electrons. The maximum atomic E-state index is 10.5. The van der Waals surface area contributed by atoms with E-state index in [1.165, 1.54) is 36.1 Å². The number of carbonyl (C=O) groups is 2. The monoisotopic (exact) mass is 250 g/mol. The van der Waals surface area contributed by atoms with E-state index in [9.17, 15) is 9.59 Å². The molecule has 0 spiro atoms. The molecule has 0 bridgehead atoms. The van der Waals surface area contributed by atoms with Gasteiger partial charge in [0, 0.05) is 0 Å². The van der Waals surface area contributed by atoms with Crippen LogP contribution in [-0.2, 0) is 9.59 Å². The van der Waals surface area contributed by atoms with Crippen LogP contribution in [0.4, 0.5) is 0 Å². The highest BCUT2D eigenvalue weighted by Crippen LogP contribution is 2.07. The lowest BCUT2D eigenvalue weighted by Crippen LogP contribution is -2.06. The Kier molecular flexibility index (Phi) is 10.3. The second-order valence-electron chi connectivity index (χ2n) is 2.44. The van der Waals surface area contributed by atoms with E-state index in [4.69, 9.17) is 19.8 Å². The van der Waals surface area contributed by atoms with Crippen LogP contribution in [-0.4, -0.2) is 34.0 Å². The summed E-state index contributed by atoms with van der Waals surface area (Å²) in [4.78, 5) is 38.1. The summed E-state index contributed by atoms with van der Waals surface area (Å²) in [6, 6.07) is 5.48. The van der Waals surface area contributed by atoms with Crippen molar-refractivity contribution in [1.82, 2.24) is 0 Å². The predicted octanol–water partition coefficient (Wildman–Crippen LogP) is 1.09. The fraction of sp³-hybridized carbons (Fsp3) is 0. The SMILES string of the molecule is C=C=O.C=C=O.O=C(O)c1ccccc1C(=O)O. The Morgan fingerprint density at radius 1 is 0.889 bits per heavy atom. The highest BCUT2D eigenvalue weighted by atomic mass is 16.4. The van der Waals surface area contributed by atoms with Gasteiger partial charge in [-0.15, -0.1) is 0 Å². The molecular weight excluding hydrogens is 240 g/mol. The third-order valence-electron chi connectivity index (χ3n) is 1.39. The fourth-order valence-electron chi connectivity index (χ4n) is 0.856. The first-order valence-electron chi connectivity index (χ1n) is 4.30. The van der Waals surface area contributed by atoms with E-state index in [0.29, 0.717) is 0 Å². The molecule has 0 aliphatic carbocycles. The second-order valence-corrected chi connectivity index (χ2v) is 2.44. The van der Waals surface area contributed by atoms with Gasteiger partial charge in [0.1, 0.15) is 11.9 Å². The molecule has 0 radical (unpaired) electrons. The van der Waals surface area contributed by atoms with Gasteiger partial charge in [-0.05, 0) is 25.3 Å². The van der Waals surface area contributed by atoms with Gasteiger partial charge in [-0.3, -0.25) is 0 Å². The van der Waals surface area contributed by atoms with Crippen LogP contribution in [0.2, 0.25) is 0 Å². The molecule has 6 heteroatoms. The van der Waals surface area contributed by atoms with Crippen molar-refractivity contribution in [2.24, 2.45) is 0 Å². The molecule has 1 rings (SSSR count). The van der Waals surface area contributed by atoms with Crippen LogP contribution >= 0.6 is 0 Å². The standard InChI is InChI=1S/C8H6O4.2C2H2O/c9-7(10)5-3-1-2-4-6(5)8(11)12;2*1-2-3/h1-4H,(H,9,10)(H,11,12);2*1H2. The molecule has 0 saturated carbocycles. The van der Waals surface area contributed by atoms with Crippen molar-refractivity contribution in [3.8, 4) is 0 Å². The predicted molar refractivity (Wildman–Crippen MR) is 63.0 cm³/mol. The second kappa shape index (κ2) is 10.6. The zero-order valence-electron chi connectivity index (χ0n) is 9.25. The number of aromatic carboxylic acids is 2. The van der Waals surface area contributed by atoms with Crippen molar-refractivity contribution in [3.05, 3.63) is 48.6 Å². The van der Waals surface area contributed by atoms with Crippen molar-refractivity contribution in [2.45, 2.75) is 0 Å². The van der Waals surface area contributed by atoms with E-state index in [-0.39, 0.29) is 11.1 Å². The van der Waals surface area contributed by atoms with Crippen LogP contribution in [0, 0.1) is 0 Å². The molecular formula is C12H10O6. The Morgan fingerprint density at radius 2 is 1.11 bits per heavy atom. The summed E-state index contributed by atoms with van der Waals surface area (Å²) >= 11 is 0. The first-order chi connectivity index (χ1) is 8.45. The normalized spacial score (nSPS) is 7.11. The average molecular weight is 250 g/mol. The van der Waals surface area contributed by atoms with Gasteiger partial charge in [0.2, 0.25) is 0 Å². The lowest BCUT2D eigenvalue weighted by atomic mass is 10.1. The molecule has 0 heterocycles. The topological polar surface area (TPSA) is 109 Å². The molecule has 1 aromatic rings. The number of carboxylic acids is 2. The van der Waals surface area contributed by atoms with E-state index in [0.717, 1.165) is 0 Å². The van der Waals surface area contributed by atoms with Crippen molar-refractivity contribution < 1.29 is 29.4 Å². The van der Waals surface area contributed by atoms with Gasteiger partial charge in [-0.25, -0.2) is 19.2 Å². The lowest BCUT2D eigenvalue weighted by molar-refractivity contribution is 0.0651. The van der Waals surface area contributed by atoms with E-state index in [2.05, 4.69) is 13.2 Å². The quantitative estimate of drug-likeness (QED) is 0.760. The van der Waals surface area contributed by atoms with Crippen LogP contribution in [0.5, 0.6) is 0 Å². The van der Waals surface area contributed by atoms with Gasteiger partial charge in [-0.2, -0.15) is 0 Å². The molecule has 0 atom stereocenters. The van der Waals surface area contributed by atoms with E-state index < -0.39 is 11.9 Å². The zero-order valence-corrected chi connectivity index (χ0v) is 9.25. The van der Waals surface area contributed by atoms with Gasteiger partial charge in [0.25, 0.3) is 0 Å². The van der Waals surface area contributed by atoms with Crippen LogP contribution in [0.3, 0.4) is 0 Å². The molecule has 2 N–H and O–H groups in total. The summed E-state index contributed by atoms with van der Waals surface area (Å²) in [5.41, 5.74) is -0.380. The van der Waals surface area contributed by atoms with Gasteiger partial charge in [-0.1, -0.05) is 12.1 Å². The first kappa shape index (κ1) is 17.5. The number of hydrogen-bond donors (Lipinski definition) is 2. The molecule has 1 aromatic carbocycles. The summed E-state index contributed by atoms with van der Waals surface area (Å²) in [5, 5.41) is 17.1. The first-order valence-corrected chi connectivity index (χ1v) is 4.30. The molecule has 0 aliphatic heterocycles. The minimum absolute atomic E-state index is 0.190. The number of carboxylic acid groups (broad SMARTS) is 2. The largest absolute Gasteiger partial charge is 0.478 e. The third-order valence-corrected chi connectivity index (χ3v) is 1.39. The van der Waals surface area contributed by atoms with Crippen LogP contribution < -0.4 is 0 Å². The number of carbonyl (C=O) groups excluding carboxylic acids is 2. The maximum absolute atomic E-state index is 10.5. The summed E-state index contributed by atoms with van der Waals surface area (Å²) in [7, 11) is 0. The summed E-state index contributed by atoms with van der Waals surface area (Å²) in [5.74, 6) is 0.0426. The Hall–Kier alpha value is -2.94. The minimum Gasteiger partial charge on any atom is -0.478 e. The van der Waals surface area contributed by atoms with Crippen LogP contribution in [0.1, 0.15) is 20.7 Å². The maximum Gasteiger partial charge on any atom is 0.336 e. The summed E-state index contributed by atoms with van der Waals surface area (Å²) in [6.45, 7) is 5.36. The molecule has 0 unspecified atom stereocenters. The molecule has 18 heavy (non-hydrogen) atoms. The number of hydrogen-bond acceptors (Lipinski definition) is 4. The molecule has 0 saturated heterocycles. The molecule has 0 aromatic heterocycles. The smallest absolute Gasteiger partial charge is 0.336 e. The Morgan fingerprint density at radius 3 is 1.28 bits per heavy atom. The third kappa shape index (κ3) is 7.36. The van der Waals surface area contributed by atoms with Crippen molar-refractivity contribution in [2.75, 3.05) is 0 Å². The number of rotatable bonds is 2. The highest BCUT2D eigenvalue weighted by molar-refractivity contribution is 6.01. The van der Waals surface area contributed by atoms with Gasteiger partial charge >= 0.3 is 11.9 Å². The number of benzene rings is 1. The van der Waals surface area contributed by atoms with Crippen molar-refractivity contribution in [3.63, 3.8) is 0 Å². The lowest BCUT2D eigenvalue weighted by Gasteiger charge is -1.98. The van der Waals surface area contributed by atoms with Crippen molar-refractivity contribution >= 4 is 23.8 Å². The molecule has 0 aliphatic rings. The summed E-state index contributed by atoms with van der Waals surface area (Å²) < 4.78 is 0. The van der Waals surface area contributed by atoms with Gasteiger partial charge in [0.05, 0.1) is 11.1 Å². The van der Waals surface area contributed by atoms with Crippen molar-refractivity contribution in [1.29, 1.82) is 0 Å². The average Bonchev–Trinajstić information content (AvgIpc) is 2.31. The fourth-order valence-corrected chi connectivity index (χ4v) is 0.856. The molecule has 6 nitrogen and oxygen atoms in total. The van der Waals surface area contributed by atoms with E-state index >= 15 is 0 Å². The Bertz CT molecular complexity index is 432. The van der Waals surface area contributed by atoms with Crippen LogP contribution in [0.25, 0.3) is 0 Å². The molecule has 0 amide bonds.